The summed E-state index contributed by atoms with van der Waals surface area (Å²) in [6, 6.07) is 12.0. The number of primary amides is 1. The van der Waals surface area contributed by atoms with Gasteiger partial charge in [-0.05, 0) is 55.3 Å². The molecule has 44 heavy (non-hydrogen) atoms. The summed E-state index contributed by atoms with van der Waals surface area (Å²) in [5.41, 5.74) is 8.05. The van der Waals surface area contributed by atoms with Crippen molar-refractivity contribution in [3.63, 3.8) is 0 Å². The van der Waals surface area contributed by atoms with Gasteiger partial charge in [-0.15, -0.1) is 0 Å². The van der Waals surface area contributed by atoms with Crippen LogP contribution in [0.15, 0.2) is 42.5 Å². The van der Waals surface area contributed by atoms with Crippen molar-refractivity contribution in [3.8, 4) is 17.6 Å². The molecule has 0 aromatic heterocycles. The highest BCUT2D eigenvalue weighted by atomic mass is 16.7. The van der Waals surface area contributed by atoms with Crippen molar-refractivity contribution in [1.82, 2.24) is 10.2 Å². The minimum absolute atomic E-state index is 0.182. The van der Waals surface area contributed by atoms with Gasteiger partial charge in [0.15, 0.2) is 0 Å². The second kappa shape index (κ2) is 15.7. The van der Waals surface area contributed by atoms with Gasteiger partial charge in [0.2, 0.25) is 11.7 Å². The molecule has 2 aliphatic rings. The number of nitrogens with two attached hydrogens (primary N) is 1. The van der Waals surface area contributed by atoms with Crippen LogP contribution in [-0.4, -0.2) is 73.0 Å². The Morgan fingerprint density at radius 3 is 2.77 bits per heavy atom. The van der Waals surface area contributed by atoms with Crippen LogP contribution in [0.2, 0.25) is 0 Å². The normalized spacial score (nSPS) is 16.2. The number of aliphatic hydroxyl groups is 1. The zero-order valence-corrected chi connectivity index (χ0v) is 25.5. The van der Waals surface area contributed by atoms with Gasteiger partial charge in [0.1, 0.15) is 18.8 Å². The molecule has 1 atom stereocenters. The third-order valence-corrected chi connectivity index (χ3v) is 7.22. The number of anilines is 1. The largest absolute Gasteiger partial charge is 0.463 e. The number of unbranched alkanes of at least 4 members (excludes halogenated alkanes) is 3. The van der Waals surface area contributed by atoms with Gasteiger partial charge in [-0.3, -0.25) is 9.59 Å². The highest BCUT2D eigenvalue weighted by molar-refractivity contribution is 6.20. The predicted molar refractivity (Wildman–Crippen MR) is 165 cm³/mol. The van der Waals surface area contributed by atoms with Crippen LogP contribution < -0.4 is 20.7 Å². The molecule has 1 fully saturated rings. The Hall–Kier alpha value is -3.95. The molecule has 0 spiro atoms. The zero-order valence-electron chi connectivity index (χ0n) is 25.5. The standard InChI is InChI=1S/C33H42N4O7/c1-33(2)43-23-26-19-25(13-14-29(26)44-33)28(38)20-35-15-6-3-4-7-16-42-17-8-5-10-24-11-9-12-27(18-24)37-31(40)22-36(32(37)41)21-30(34)39/h9,11-14,18-19,28,35,38H,3-4,6-8,15-17,20-23H2,1-2H3,(H2,34,39)/t28-/m1/s1. The predicted octanol–water partition coefficient (Wildman–Crippen LogP) is 3.23. The molecule has 0 radical (unpaired) electrons. The number of fused-ring (bicyclic) bond motifs is 1. The number of carbonyl (C=O) groups is 3. The van der Waals surface area contributed by atoms with Crippen molar-refractivity contribution in [2.75, 3.05) is 44.3 Å². The fourth-order valence-electron chi connectivity index (χ4n) is 4.96. The first-order chi connectivity index (χ1) is 21.1. The number of benzene rings is 2. The van der Waals surface area contributed by atoms with E-state index in [-0.39, 0.29) is 13.1 Å². The molecule has 0 aliphatic carbocycles. The molecule has 236 valence electrons. The molecule has 2 aromatic carbocycles. The van der Waals surface area contributed by atoms with Crippen LogP contribution in [0.1, 0.15) is 68.7 Å². The molecule has 2 aromatic rings. The van der Waals surface area contributed by atoms with E-state index in [1.807, 2.05) is 32.0 Å². The van der Waals surface area contributed by atoms with Crippen LogP contribution in [-0.2, 0) is 25.7 Å². The van der Waals surface area contributed by atoms with Crippen LogP contribution in [0.5, 0.6) is 5.75 Å². The van der Waals surface area contributed by atoms with E-state index in [2.05, 4.69) is 17.2 Å². The van der Waals surface area contributed by atoms with E-state index in [9.17, 15) is 19.5 Å². The monoisotopic (exact) mass is 606 g/mol. The minimum Gasteiger partial charge on any atom is -0.463 e. The number of amides is 4. The van der Waals surface area contributed by atoms with E-state index in [1.54, 1.807) is 24.3 Å². The number of nitrogens with zero attached hydrogens (tertiary/aromatic N) is 2. The average Bonchev–Trinajstić information content (AvgIpc) is 3.26. The number of ether oxygens (including phenoxy) is 3. The number of urea groups is 1. The maximum absolute atomic E-state index is 12.5. The lowest BCUT2D eigenvalue weighted by atomic mass is 10.0. The summed E-state index contributed by atoms with van der Waals surface area (Å²) in [7, 11) is 0. The van der Waals surface area contributed by atoms with Crippen molar-refractivity contribution in [2.45, 2.75) is 64.4 Å². The van der Waals surface area contributed by atoms with Crippen molar-refractivity contribution in [1.29, 1.82) is 0 Å². The van der Waals surface area contributed by atoms with Crippen LogP contribution >= 0.6 is 0 Å². The first-order valence-corrected chi connectivity index (χ1v) is 15.0. The summed E-state index contributed by atoms with van der Waals surface area (Å²) in [5.74, 6) is 5.20. The van der Waals surface area contributed by atoms with Gasteiger partial charge < -0.3 is 35.3 Å². The molecule has 2 aliphatic heterocycles. The number of nitrogens with one attached hydrogen (secondary N) is 1. The summed E-state index contributed by atoms with van der Waals surface area (Å²) < 4.78 is 17.2. The molecule has 11 nitrogen and oxygen atoms in total. The Bertz CT molecular complexity index is 1380. The molecule has 4 N–H and O–H groups in total. The summed E-state index contributed by atoms with van der Waals surface area (Å²) in [6.07, 6.45) is 4.11. The van der Waals surface area contributed by atoms with Crippen LogP contribution in [0.3, 0.4) is 0 Å². The number of carbonyl (C=O) groups excluding carboxylic acids is 3. The lowest BCUT2D eigenvalue weighted by Crippen LogP contribution is -2.37. The number of rotatable bonds is 15. The molecular weight excluding hydrogens is 564 g/mol. The quantitative estimate of drug-likeness (QED) is 0.159. The fraction of sp³-hybridized carbons (Fsp3) is 0.485. The van der Waals surface area contributed by atoms with Crippen LogP contribution in [0, 0.1) is 11.8 Å². The van der Waals surface area contributed by atoms with Gasteiger partial charge in [0.25, 0.3) is 5.91 Å². The maximum atomic E-state index is 12.5. The topological polar surface area (TPSA) is 144 Å². The minimum atomic E-state index is -0.672. The molecular formula is C33H42N4O7. The molecule has 0 bridgehead atoms. The average molecular weight is 607 g/mol. The number of aliphatic hydroxyl groups excluding tert-OH is 1. The van der Waals surface area contributed by atoms with Crippen LogP contribution in [0.25, 0.3) is 0 Å². The summed E-state index contributed by atoms with van der Waals surface area (Å²) >= 11 is 0. The molecule has 0 saturated carbocycles. The summed E-state index contributed by atoms with van der Waals surface area (Å²) in [4.78, 5) is 38.1. The first-order valence-electron chi connectivity index (χ1n) is 15.0. The Balaban J connectivity index is 1.04. The molecule has 4 rings (SSSR count). The Morgan fingerprint density at radius 2 is 1.95 bits per heavy atom. The molecule has 11 heteroatoms. The van der Waals surface area contributed by atoms with Gasteiger partial charge in [-0.25, -0.2) is 9.69 Å². The summed E-state index contributed by atoms with van der Waals surface area (Å²) in [5, 5.41) is 13.9. The van der Waals surface area contributed by atoms with Crippen molar-refractivity contribution in [2.24, 2.45) is 5.73 Å². The Kier molecular flexibility index (Phi) is 11.7. The van der Waals surface area contributed by atoms with Gasteiger partial charge in [0, 0.05) is 44.5 Å². The second-order valence-electron chi connectivity index (χ2n) is 11.3. The smallest absolute Gasteiger partial charge is 0.332 e. The molecule has 2 heterocycles. The second-order valence-corrected chi connectivity index (χ2v) is 11.3. The van der Waals surface area contributed by atoms with Gasteiger partial charge in [-0.1, -0.05) is 36.8 Å². The lowest BCUT2D eigenvalue weighted by Gasteiger charge is -2.33. The van der Waals surface area contributed by atoms with Crippen molar-refractivity contribution < 1.29 is 33.7 Å². The Labute approximate surface area is 258 Å². The van der Waals surface area contributed by atoms with E-state index >= 15 is 0 Å². The number of hydrogen-bond acceptors (Lipinski definition) is 8. The van der Waals surface area contributed by atoms with E-state index in [4.69, 9.17) is 19.9 Å². The molecule has 4 amide bonds. The number of hydrogen-bond donors (Lipinski definition) is 3. The van der Waals surface area contributed by atoms with E-state index in [0.717, 1.165) is 58.9 Å². The SMILES string of the molecule is CC1(C)OCc2cc([C@H](O)CNCCCCCCOCCC#Cc3cccc(N4C(=O)CN(CC(N)=O)C4=O)c3)ccc2O1. The Morgan fingerprint density at radius 1 is 1.14 bits per heavy atom. The van der Waals surface area contributed by atoms with Crippen LogP contribution in [0.4, 0.5) is 10.5 Å². The summed E-state index contributed by atoms with van der Waals surface area (Å²) in [6.45, 7) is 6.28. The highest BCUT2D eigenvalue weighted by Crippen LogP contribution is 2.32. The molecule has 0 unspecified atom stereocenters. The van der Waals surface area contributed by atoms with Crippen molar-refractivity contribution >= 4 is 23.5 Å². The van der Waals surface area contributed by atoms with E-state index < -0.39 is 29.7 Å². The zero-order chi connectivity index (χ0) is 31.5. The van der Waals surface area contributed by atoms with E-state index in [0.29, 0.717) is 44.0 Å². The first kappa shape index (κ1) is 33.0. The number of imide groups is 1. The van der Waals surface area contributed by atoms with E-state index in [1.165, 1.54) is 0 Å². The van der Waals surface area contributed by atoms with Crippen molar-refractivity contribution in [3.05, 3.63) is 59.2 Å². The highest BCUT2D eigenvalue weighted by Gasteiger charge is 2.37. The van der Waals surface area contributed by atoms with Gasteiger partial charge in [0.05, 0.1) is 25.0 Å². The third-order valence-electron chi connectivity index (χ3n) is 7.22. The van der Waals surface area contributed by atoms with Gasteiger partial charge >= 0.3 is 6.03 Å². The molecule has 1 saturated heterocycles. The fourth-order valence-corrected chi connectivity index (χ4v) is 4.96. The lowest BCUT2D eigenvalue weighted by molar-refractivity contribution is -0.180. The maximum Gasteiger partial charge on any atom is 0.332 e. The van der Waals surface area contributed by atoms with Gasteiger partial charge in [-0.2, -0.15) is 0 Å². The third kappa shape index (κ3) is 9.53.